The summed E-state index contributed by atoms with van der Waals surface area (Å²) in [7, 11) is 0. The van der Waals surface area contributed by atoms with Crippen LogP contribution in [0.25, 0.3) is 55.7 Å². The van der Waals surface area contributed by atoms with Crippen molar-refractivity contribution in [3.05, 3.63) is 215 Å². The van der Waals surface area contributed by atoms with Gasteiger partial charge < -0.3 is 40.2 Å². The molecule has 558 valence electrons. The van der Waals surface area contributed by atoms with E-state index in [1.165, 1.54) is 17.7 Å². The highest BCUT2D eigenvalue weighted by Gasteiger charge is 2.44. The Labute approximate surface area is 640 Å². The Morgan fingerprint density at radius 3 is 1.29 bits per heavy atom. The number of aliphatic hydroxyl groups is 1. The summed E-state index contributed by atoms with van der Waals surface area (Å²) in [6, 6.07) is 50.7. The number of hydrogen-bond acceptors (Lipinski definition) is 18. The van der Waals surface area contributed by atoms with Crippen LogP contribution in [0, 0.1) is 11.8 Å². The van der Waals surface area contributed by atoms with E-state index in [9.17, 15) is 33.9 Å². The molecule has 8 atom stereocenters. The van der Waals surface area contributed by atoms with Gasteiger partial charge in [-0.25, -0.2) is 19.9 Å². The minimum Gasteiger partial charge on any atom is -0.393 e. The topological polar surface area (TPSA) is 325 Å². The maximum absolute atomic E-state index is 13.4. The number of rotatable bonds is 13. The minimum atomic E-state index is -0.750. The predicted molar refractivity (Wildman–Crippen MR) is 412 cm³/mol. The molecule has 24 nitrogen and oxygen atoms in total. The Hall–Kier alpha value is -10.5. The third-order valence-electron chi connectivity index (χ3n) is 20.4. The van der Waals surface area contributed by atoms with E-state index in [1.54, 1.807) is 60.9 Å². The lowest BCUT2D eigenvalue weighted by atomic mass is 9.90. The number of aliphatic hydroxyl groups excluding tert-OH is 1. The second kappa shape index (κ2) is 36.9. The molecule has 6 amide bonds. The predicted octanol–water partition coefficient (Wildman–Crippen LogP) is 12.8. The van der Waals surface area contributed by atoms with Crippen LogP contribution in [0.5, 0.6) is 0 Å². The highest BCUT2D eigenvalue weighted by Crippen LogP contribution is 2.40. The fourth-order valence-corrected chi connectivity index (χ4v) is 15.7. The molecule has 4 aromatic heterocycles. The lowest BCUT2D eigenvalue weighted by molar-refractivity contribution is -0.126. The van der Waals surface area contributed by atoms with Crippen molar-refractivity contribution in [3.63, 3.8) is 0 Å². The molecule has 0 spiro atoms. The van der Waals surface area contributed by atoms with Crippen LogP contribution in [0.4, 0.5) is 11.9 Å². The van der Waals surface area contributed by atoms with Gasteiger partial charge in [0.2, 0.25) is 23.7 Å². The third-order valence-corrected chi connectivity index (χ3v) is 21.0. The first-order valence-corrected chi connectivity index (χ1v) is 38.2. The molecule has 17 rings (SSSR count). The third kappa shape index (κ3) is 18.5. The molecule has 108 heavy (non-hydrogen) atoms. The van der Waals surface area contributed by atoms with E-state index in [4.69, 9.17) is 54.7 Å². The van der Waals surface area contributed by atoms with Crippen LogP contribution in [0.3, 0.4) is 0 Å². The normalized spacial score (nSPS) is 20.9. The van der Waals surface area contributed by atoms with Crippen LogP contribution in [0.2, 0.25) is 10.0 Å². The molecule has 6 N–H and O–H groups in total. The number of para-hydroxylation sites is 4. The zero-order valence-electron chi connectivity index (χ0n) is 58.8. The smallest absolute Gasteiger partial charge is 0.335 e. The maximum Gasteiger partial charge on any atom is 0.335 e. The van der Waals surface area contributed by atoms with Gasteiger partial charge in [-0.15, -0.1) is 0 Å². The van der Waals surface area contributed by atoms with E-state index < -0.39 is 23.1 Å². The number of ether oxygens (including phenoxy) is 1. The number of nitrogens with one attached hydrogen (secondary N) is 5. The first-order valence-electron chi connectivity index (χ1n) is 36.1. The van der Waals surface area contributed by atoms with Crippen molar-refractivity contribution >= 4 is 115 Å². The van der Waals surface area contributed by atoms with Crippen molar-refractivity contribution in [3.8, 4) is 33.9 Å². The van der Waals surface area contributed by atoms with Crippen molar-refractivity contribution in [2.75, 3.05) is 23.8 Å². The molecular weight excluding hydrogens is 1460 g/mol. The Morgan fingerprint density at radius 2 is 0.861 bits per heavy atom. The van der Waals surface area contributed by atoms with E-state index in [0.717, 1.165) is 115 Å². The Kier molecular flexibility index (Phi) is 26.3. The lowest BCUT2D eigenvalue weighted by Gasteiger charge is -2.31. The number of amides is 6. The molecule has 0 bridgehead atoms. The molecule has 4 aliphatic carbocycles. The highest BCUT2D eigenvalue weighted by atomic mass is 35.5. The van der Waals surface area contributed by atoms with Crippen LogP contribution in [0.1, 0.15) is 144 Å². The van der Waals surface area contributed by atoms with Crippen molar-refractivity contribution in [1.82, 2.24) is 49.9 Å². The van der Waals surface area contributed by atoms with E-state index in [0.29, 0.717) is 87.7 Å². The number of imide groups is 2. The second-order valence-corrected chi connectivity index (χ2v) is 28.5. The highest BCUT2D eigenvalue weighted by molar-refractivity contribution is 7.52. The van der Waals surface area contributed by atoms with Gasteiger partial charge in [0.25, 0.3) is 23.6 Å². The van der Waals surface area contributed by atoms with Crippen molar-refractivity contribution in [2.45, 2.75) is 139 Å². The van der Waals surface area contributed by atoms with E-state index in [2.05, 4.69) is 107 Å². The molecular formula is C80H80Cl2N12O12S2. The standard InChI is InChI=1S/C38H35ClN6O3.C30H32ClN5O2.C8H5NO2.C4H8O.2O2S/c39-32-21-40-38(43-34(32)31-22-44(26-11-2-1-3-12-26)33-16-7-6-13-28(31)33)42-25-10-8-9-24(20-25)41-35(46)23-17-18-27(19-23)45-36(47)29-14-4-5-15-30(29)37(45)48;31-26-17-32-30(34-21-8-6-7-20(16-21)33-29(38)19-13-14-23(37)15-19)35-28(26)25-18-36(22-9-2-1-3-10-22)27-12-5-4-11-24(25)27;10-7-5-3-1-2-4-6(5)8(11)9-7;1-2-4-5-3-1;2*1-3-2/h1-7,11-16,21-25,27H,8-10,17-20H2,(H,41,46)(H,40,42,43);1-5,9-12,17-21,23,37H,6-8,13-16H2,(H,33,38)(H,32,34,35);1-4H,(H,9,10,11);1-4H2;;/t23-,24-,25+,27+;19-,20-,21+,23-;;;;/m00..../s1. The molecule has 7 aliphatic rings. The summed E-state index contributed by atoms with van der Waals surface area (Å²) >= 11 is 11.9. The molecule has 5 fully saturated rings. The van der Waals surface area contributed by atoms with Gasteiger partial charge in [-0.05, 0) is 163 Å². The summed E-state index contributed by atoms with van der Waals surface area (Å²) in [5.74, 6) is -0.289. The zero-order valence-corrected chi connectivity index (χ0v) is 62.0. The molecule has 3 aliphatic heterocycles. The monoisotopic (exact) mass is 1530 g/mol. The lowest BCUT2D eigenvalue weighted by Crippen LogP contribution is -2.44. The molecule has 1 saturated heterocycles. The van der Waals surface area contributed by atoms with Crippen LogP contribution in [-0.2, 0) is 37.5 Å². The number of halogens is 2. The Morgan fingerprint density at radius 1 is 0.463 bits per heavy atom. The van der Waals surface area contributed by atoms with Gasteiger partial charge in [0, 0.05) is 101 Å². The van der Waals surface area contributed by atoms with Crippen LogP contribution < -0.4 is 26.6 Å². The molecule has 4 saturated carbocycles. The zero-order chi connectivity index (χ0) is 75.6. The molecule has 7 heterocycles. The number of nitrogens with zero attached hydrogens (tertiary/aromatic N) is 7. The number of anilines is 2. The summed E-state index contributed by atoms with van der Waals surface area (Å²) in [6.07, 6.45) is 20.8. The van der Waals surface area contributed by atoms with E-state index in [1.807, 2.05) is 60.7 Å². The molecule has 0 unspecified atom stereocenters. The van der Waals surface area contributed by atoms with Gasteiger partial charge in [-0.3, -0.25) is 39.0 Å². The maximum atomic E-state index is 13.4. The minimum absolute atomic E-state index is 0.000376. The van der Waals surface area contributed by atoms with Crippen molar-refractivity contribution < 1.29 is 55.4 Å². The summed E-state index contributed by atoms with van der Waals surface area (Å²) < 4.78 is 42.4. The average Bonchev–Trinajstić information content (AvgIpc) is 1.63. The summed E-state index contributed by atoms with van der Waals surface area (Å²) in [6.45, 7) is 2.00. The fourth-order valence-electron chi connectivity index (χ4n) is 15.3. The fraction of sp³-hybridized carbons (Fsp3) is 0.325. The molecule has 28 heteroatoms. The van der Waals surface area contributed by atoms with Crippen LogP contribution in [0.15, 0.2) is 183 Å². The number of fused-ring (bicyclic) bond motifs is 4. The van der Waals surface area contributed by atoms with Crippen LogP contribution in [-0.4, -0.2) is 141 Å². The number of aromatic nitrogens is 6. The Bertz CT molecular complexity index is 4890. The van der Waals surface area contributed by atoms with Gasteiger partial charge in [-0.1, -0.05) is 120 Å². The molecule has 10 aromatic rings. The van der Waals surface area contributed by atoms with Gasteiger partial charge in [0.15, 0.2) is 0 Å². The van der Waals surface area contributed by atoms with E-state index >= 15 is 0 Å². The van der Waals surface area contributed by atoms with Crippen molar-refractivity contribution in [2.24, 2.45) is 11.8 Å². The summed E-state index contributed by atoms with van der Waals surface area (Å²) in [5, 5.41) is 28.6. The van der Waals surface area contributed by atoms with Gasteiger partial charge in [-0.2, -0.15) is 16.8 Å². The SMILES string of the molecule is C1CCOC1.O=C(N[C@H]1CCC[C@@H](Nc2ncc(Cl)c(-c3cn(-c4ccccc4)c4ccccc34)n2)C1)[C@H]1CC[C@@H](N2C(=O)c3ccccc3C2=O)C1.O=C(N[C@H]1CCC[C@@H](Nc2ncc(Cl)c(-c3cn(-c4ccccc4)c4ccccc34)n2)C1)[C@H]1CC[C@H](O)C1.O=C1NC(=O)c2ccccc21.O=S=O.O=S=O. The quantitative estimate of drug-likeness (QED) is 0.0584. The number of carbonyl (C=O) groups is 6. The summed E-state index contributed by atoms with van der Waals surface area (Å²) in [4.78, 5) is 94.1. The second-order valence-electron chi connectivity index (χ2n) is 27.4. The molecule has 0 radical (unpaired) electrons. The van der Waals surface area contributed by atoms with Gasteiger partial charge in [0.05, 0.1) is 73.2 Å². The van der Waals surface area contributed by atoms with E-state index in [-0.39, 0.29) is 83.6 Å². The number of carbonyl (C=O) groups excluding carboxylic acids is 6. The Balaban J connectivity index is 0.000000159. The van der Waals surface area contributed by atoms with Crippen molar-refractivity contribution in [1.29, 1.82) is 0 Å². The first-order chi connectivity index (χ1) is 52.6. The summed E-state index contributed by atoms with van der Waals surface area (Å²) in [5.41, 5.74) is 9.34. The van der Waals surface area contributed by atoms with Gasteiger partial charge in [0.1, 0.15) is 0 Å². The first kappa shape index (κ1) is 77.1. The largest absolute Gasteiger partial charge is 0.393 e. The number of hydrogen-bond donors (Lipinski definition) is 6. The molecule has 6 aromatic carbocycles. The number of benzene rings is 6. The van der Waals surface area contributed by atoms with Gasteiger partial charge >= 0.3 is 23.1 Å². The van der Waals surface area contributed by atoms with Crippen LogP contribution >= 0.6 is 23.2 Å². The average molecular weight is 1540 g/mol.